The smallest absolute Gasteiger partial charge is 0.192 e. The molecule has 0 bridgehead atoms. The fraction of sp³-hybridized carbons (Fsp3) is 0.741. The molecule has 4 nitrogen and oxygen atoms in total. The molecule has 0 fully saturated rings. The molecule has 1 aromatic carbocycles. The van der Waals surface area contributed by atoms with Crippen molar-refractivity contribution < 1.29 is 18.4 Å². The summed E-state index contributed by atoms with van der Waals surface area (Å²) in [5.74, 6) is 0. The first-order valence-corrected chi connectivity index (χ1v) is 18.3. The van der Waals surface area contributed by atoms with E-state index in [-0.39, 0.29) is 22.3 Å². The molecule has 0 aliphatic carbocycles. The molecule has 0 amide bonds. The molecular weight excluding hydrogens is 444 g/mol. The topological polar surface area (TPSA) is 44.8 Å². The maximum Gasteiger partial charge on any atom is 0.192 e. The highest BCUT2D eigenvalue weighted by Gasteiger charge is 2.44. The minimum Gasteiger partial charge on any atom is -0.411 e. The quantitative estimate of drug-likeness (QED) is 0.151. The third-order valence-corrected chi connectivity index (χ3v) is 16.4. The van der Waals surface area contributed by atoms with Crippen molar-refractivity contribution in [2.45, 2.75) is 122 Å². The van der Waals surface area contributed by atoms with E-state index in [4.69, 9.17) is 13.6 Å². The molecule has 0 spiro atoms. The standard InChI is InChI=1S/C27H50O4Si2/c1-26(2,3)32(7,8)30-24(18-14-20-28)25(31-33(9,10)27(4,5)6)19-15-21-29-22-23-16-12-11-13-17-23/h11-13,16-17,20,24-25H,14-15,18-19,21-22H2,1-10H3/t24-,25-/m1/s1. The molecular formula is C27H50O4Si2. The Morgan fingerprint density at radius 2 is 1.30 bits per heavy atom. The van der Waals surface area contributed by atoms with E-state index in [1.165, 1.54) is 5.56 Å². The molecule has 0 heterocycles. The molecule has 6 heteroatoms. The summed E-state index contributed by atoms with van der Waals surface area (Å²) >= 11 is 0. The third kappa shape index (κ3) is 10.2. The lowest BCUT2D eigenvalue weighted by molar-refractivity contribution is -0.108. The number of carbonyl (C=O) groups is 1. The fourth-order valence-corrected chi connectivity index (χ4v) is 5.90. The van der Waals surface area contributed by atoms with Gasteiger partial charge in [0.1, 0.15) is 6.29 Å². The largest absolute Gasteiger partial charge is 0.411 e. The molecule has 1 aromatic rings. The van der Waals surface area contributed by atoms with Crippen LogP contribution in [0.15, 0.2) is 30.3 Å². The van der Waals surface area contributed by atoms with E-state index in [2.05, 4.69) is 79.9 Å². The molecule has 2 atom stereocenters. The van der Waals surface area contributed by atoms with Gasteiger partial charge in [0.15, 0.2) is 16.6 Å². The zero-order valence-electron chi connectivity index (χ0n) is 23.0. The zero-order chi connectivity index (χ0) is 25.3. The first-order valence-electron chi connectivity index (χ1n) is 12.5. The van der Waals surface area contributed by atoms with Crippen molar-refractivity contribution in [3.05, 3.63) is 35.9 Å². The predicted octanol–water partition coefficient (Wildman–Crippen LogP) is 7.74. The molecule has 0 aliphatic heterocycles. The van der Waals surface area contributed by atoms with Gasteiger partial charge in [-0.15, -0.1) is 0 Å². The average molecular weight is 495 g/mol. The van der Waals surface area contributed by atoms with Crippen LogP contribution in [0.1, 0.15) is 72.8 Å². The van der Waals surface area contributed by atoms with Crippen molar-refractivity contribution >= 4 is 22.9 Å². The summed E-state index contributed by atoms with van der Waals surface area (Å²) < 4.78 is 19.8. The first-order chi connectivity index (χ1) is 15.1. The molecule has 0 aromatic heterocycles. The second-order valence-corrected chi connectivity index (χ2v) is 21.8. The Kier molecular flexibility index (Phi) is 11.7. The zero-order valence-corrected chi connectivity index (χ0v) is 25.0. The number of rotatable bonds is 14. The molecule has 0 radical (unpaired) electrons. The summed E-state index contributed by atoms with van der Waals surface area (Å²) in [7, 11) is -4.02. The van der Waals surface area contributed by atoms with Crippen LogP contribution in [-0.2, 0) is 25.0 Å². The Morgan fingerprint density at radius 3 is 1.76 bits per heavy atom. The molecule has 0 saturated carbocycles. The summed E-state index contributed by atoms with van der Waals surface area (Å²) in [6.45, 7) is 24.1. The molecule has 0 aliphatic rings. The van der Waals surface area contributed by atoms with Crippen LogP contribution in [0.4, 0.5) is 0 Å². The highest BCUT2D eigenvalue weighted by Crippen LogP contribution is 2.41. The van der Waals surface area contributed by atoms with Crippen LogP contribution >= 0.6 is 0 Å². The number of aldehydes is 1. The SMILES string of the molecule is CC(C)(C)[Si](C)(C)O[C@H](CCC=O)[C@@H](CCCOCc1ccccc1)O[Si](C)(C)C(C)(C)C. The summed E-state index contributed by atoms with van der Waals surface area (Å²) in [4.78, 5) is 11.3. The molecule has 0 unspecified atom stereocenters. The van der Waals surface area contributed by atoms with Crippen LogP contribution in [0.2, 0.25) is 36.3 Å². The van der Waals surface area contributed by atoms with Gasteiger partial charge in [-0.25, -0.2) is 0 Å². The molecule has 0 saturated heterocycles. The van der Waals surface area contributed by atoms with Gasteiger partial charge in [-0.2, -0.15) is 0 Å². The normalized spacial score (nSPS) is 15.3. The van der Waals surface area contributed by atoms with Crippen molar-refractivity contribution in [1.82, 2.24) is 0 Å². The summed E-state index contributed by atoms with van der Waals surface area (Å²) in [6, 6.07) is 10.3. The molecule has 0 N–H and O–H groups in total. The van der Waals surface area contributed by atoms with E-state index in [0.717, 1.165) is 19.1 Å². The Labute approximate surface area is 206 Å². The molecule has 190 valence electrons. The number of carbonyl (C=O) groups excluding carboxylic acids is 1. The average Bonchev–Trinajstić information content (AvgIpc) is 2.69. The van der Waals surface area contributed by atoms with Crippen LogP contribution < -0.4 is 0 Å². The summed E-state index contributed by atoms with van der Waals surface area (Å²) in [6.07, 6.45) is 3.90. The van der Waals surface area contributed by atoms with E-state index >= 15 is 0 Å². The molecule has 33 heavy (non-hydrogen) atoms. The minimum absolute atomic E-state index is 0.0275. The lowest BCUT2D eigenvalue weighted by Gasteiger charge is -2.45. The van der Waals surface area contributed by atoms with Crippen molar-refractivity contribution in [3.63, 3.8) is 0 Å². The Balaban J connectivity index is 2.96. The van der Waals surface area contributed by atoms with Crippen LogP contribution in [0, 0.1) is 0 Å². The maximum atomic E-state index is 11.3. The van der Waals surface area contributed by atoms with Gasteiger partial charge in [0.05, 0.1) is 18.8 Å². The fourth-order valence-electron chi connectivity index (χ4n) is 3.13. The highest BCUT2D eigenvalue weighted by molar-refractivity contribution is 6.74. The van der Waals surface area contributed by atoms with Crippen molar-refractivity contribution in [2.24, 2.45) is 0 Å². The number of hydrogen-bond donors (Lipinski definition) is 0. The van der Waals surface area contributed by atoms with Crippen LogP contribution in [0.25, 0.3) is 0 Å². The summed E-state index contributed by atoms with van der Waals surface area (Å²) in [5, 5.41) is 0.216. The van der Waals surface area contributed by atoms with Gasteiger partial charge in [-0.1, -0.05) is 71.9 Å². The lowest BCUT2D eigenvalue weighted by Crippen LogP contribution is -2.52. The van der Waals surface area contributed by atoms with E-state index in [0.29, 0.717) is 26.1 Å². The van der Waals surface area contributed by atoms with Gasteiger partial charge >= 0.3 is 0 Å². The third-order valence-electron chi connectivity index (χ3n) is 7.38. The van der Waals surface area contributed by atoms with E-state index in [1.54, 1.807) is 0 Å². The van der Waals surface area contributed by atoms with Gasteiger partial charge in [0, 0.05) is 13.0 Å². The Morgan fingerprint density at radius 1 is 0.818 bits per heavy atom. The van der Waals surface area contributed by atoms with Gasteiger partial charge < -0.3 is 18.4 Å². The van der Waals surface area contributed by atoms with Crippen molar-refractivity contribution in [3.8, 4) is 0 Å². The van der Waals surface area contributed by atoms with Gasteiger partial charge in [0.2, 0.25) is 0 Å². The van der Waals surface area contributed by atoms with Crippen LogP contribution in [-0.4, -0.2) is 41.7 Å². The van der Waals surface area contributed by atoms with Gasteiger partial charge in [-0.3, -0.25) is 0 Å². The molecule has 1 rings (SSSR count). The van der Waals surface area contributed by atoms with Gasteiger partial charge in [-0.05, 0) is 61.1 Å². The first kappa shape index (κ1) is 30.2. The van der Waals surface area contributed by atoms with Crippen LogP contribution in [0.3, 0.4) is 0 Å². The predicted molar refractivity (Wildman–Crippen MR) is 145 cm³/mol. The van der Waals surface area contributed by atoms with E-state index in [1.807, 2.05) is 18.2 Å². The Bertz CT molecular complexity index is 690. The monoisotopic (exact) mass is 494 g/mol. The number of benzene rings is 1. The van der Waals surface area contributed by atoms with E-state index < -0.39 is 16.6 Å². The maximum absolute atomic E-state index is 11.3. The van der Waals surface area contributed by atoms with Crippen LogP contribution in [0.5, 0.6) is 0 Å². The number of ether oxygens (including phenoxy) is 1. The van der Waals surface area contributed by atoms with Crippen molar-refractivity contribution in [2.75, 3.05) is 6.61 Å². The number of hydrogen-bond acceptors (Lipinski definition) is 4. The minimum atomic E-state index is -2.01. The van der Waals surface area contributed by atoms with Crippen molar-refractivity contribution in [1.29, 1.82) is 0 Å². The second kappa shape index (κ2) is 12.8. The van der Waals surface area contributed by atoms with E-state index in [9.17, 15) is 4.79 Å². The highest BCUT2D eigenvalue weighted by atomic mass is 28.4. The lowest BCUT2D eigenvalue weighted by atomic mass is 10.0. The second-order valence-electron chi connectivity index (χ2n) is 12.3. The summed E-state index contributed by atoms with van der Waals surface area (Å²) in [5.41, 5.74) is 1.19. The Hall–Kier alpha value is -0.796. The van der Waals surface area contributed by atoms with Gasteiger partial charge in [0.25, 0.3) is 0 Å².